The number of allylic oxidation sites excluding steroid dienone is 10. The molecule has 340 valence electrons. The van der Waals surface area contributed by atoms with E-state index in [1.807, 2.05) is 21.1 Å². The van der Waals surface area contributed by atoms with Gasteiger partial charge in [-0.3, -0.25) is 9.59 Å². The highest BCUT2D eigenvalue weighted by molar-refractivity contribution is 5.72. The number of carbonyl (C=O) groups excluding carboxylic acids is 2. The van der Waals surface area contributed by atoms with Crippen LogP contribution in [0, 0.1) is 0 Å². The van der Waals surface area contributed by atoms with Crippen LogP contribution >= 0.6 is 0 Å². The van der Waals surface area contributed by atoms with E-state index in [0.29, 0.717) is 19.3 Å². The van der Waals surface area contributed by atoms with Crippen LogP contribution in [-0.2, 0) is 28.6 Å². The SMILES string of the molecule is CC/C=C/C/C=C/C/C=C/CCCCCCCCC(=O)OC(COCCC(C(=O)O)[N+](C)(C)C)COC(=O)CCCCCCCCCCCC/C=C/C=C/CCCCC. The van der Waals surface area contributed by atoms with Crippen LogP contribution < -0.4 is 0 Å². The summed E-state index contributed by atoms with van der Waals surface area (Å²) in [5.41, 5.74) is 0. The Morgan fingerprint density at radius 2 is 1.00 bits per heavy atom. The van der Waals surface area contributed by atoms with E-state index in [0.717, 1.165) is 70.6 Å². The van der Waals surface area contributed by atoms with Crippen LogP contribution in [0.3, 0.4) is 0 Å². The van der Waals surface area contributed by atoms with E-state index >= 15 is 0 Å². The van der Waals surface area contributed by atoms with Gasteiger partial charge in [-0.15, -0.1) is 0 Å². The van der Waals surface area contributed by atoms with Crippen LogP contribution in [0.5, 0.6) is 0 Å². The van der Waals surface area contributed by atoms with Crippen molar-refractivity contribution in [2.24, 2.45) is 0 Å². The molecule has 0 fully saturated rings. The minimum atomic E-state index is -0.879. The second-order valence-electron chi connectivity index (χ2n) is 17.0. The zero-order valence-electron chi connectivity index (χ0n) is 38.7. The number of carboxylic acids is 1. The van der Waals surface area contributed by atoms with Gasteiger partial charge < -0.3 is 23.8 Å². The molecule has 8 nitrogen and oxygen atoms in total. The number of carbonyl (C=O) groups is 3. The minimum absolute atomic E-state index is 0.0530. The Balaban J connectivity index is 4.31. The van der Waals surface area contributed by atoms with Crippen LogP contribution in [-0.4, -0.2) is 80.6 Å². The van der Waals surface area contributed by atoms with Gasteiger partial charge in [-0.25, -0.2) is 4.79 Å². The molecule has 0 aromatic heterocycles. The first-order valence-electron chi connectivity index (χ1n) is 23.8. The molecule has 0 saturated heterocycles. The third-order valence-corrected chi connectivity index (χ3v) is 10.4. The Kier molecular flexibility index (Phi) is 39.6. The molecule has 2 unspecified atom stereocenters. The lowest BCUT2D eigenvalue weighted by molar-refractivity contribution is -0.887. The first-order chi connectivity index (χ1) is 28.6. The molecular weight excluding hydrogens is 739 g/mol. The Bertz CT molecular complexity index is 1150. The lowest BCUT2D eigenvalue weighted by Crippen LogP contribution is -2.50. The minimum Gasteiger partial charge on any atom is -0.477 e. The third-order valence-electron chi connectivity index (χ3n) is 10.4. The van der Waals surface area contributed by atoms with Gasteiger partial charge in [-0.05, 0) is 70.6 Å². The highest BCUT2D eigenvalue weighted by Gasteiger charge is 2.31. The summed E-state index contributed by atoms with van der Waals surface area (Å²) in [5, 5.41) is 9.64. The molecule has 0 aromatic rings. The van der Waals surface area contributed by atoms with Gasteiger partial charge >= 0.3 is 17.9 Å². The van der Waals surface area contributed by atoms with E-state index in [1.54, 1.807) is 0 Å². The molecule has 2 atom stereocenters. The Labute approximate surface area is 362 Å². The van der Waals surface area contributed by atoms with Gasteiger partial charge in [0.25, 0.3) is 0 Å². The summed E-state index contributed by atoms with van der Waals surface area (Å²) >= 11 is 0. The van der Waals surface area contributed by atoms with Crippen molar-refractivity contribution in [3.63, 3.8) is 0 Å². The molecule has 0 rings (SSSR count). The second kappa shape index (κ2) is 41.8. The number of quaternary nitrogens is 1. The van der Waals surface area contributed by atoms with E-state index in [2.05, 4.69) is 74.6 Å². The third kappa shape index (κ3) is 40.2. The average Bonchev–Trinajstić information content (AvgIpc) is 3.19. The zero-order chi connectivity index (χ0) is 43.5. The van der Waals surface area contributed by atoms with Gasteiger partial charge in [0.1, 0.15) is 6.61 Å². The Hall–Kier alpha value is -2.97. The van der Waals surface area contributed by atoms with Crippen molar-refractivity contribution in [1.29, 1.82) is 0 Å². The molecule has 0 aliphatic heterocycles. The molecule has 0 amide bonds. The van der Waals surface area contributed by atoms with Gasteiger partial charge in [-0.2, -0.15) is 0 Å². The summed E-state index contributed by atoms with van der Waals surface area (Å²) in [6.45, 7) is 4.58. The number of nitrogens with zero attached hydrogens (tertiary/aromatic N) is 1. The fourth-order valence-electron chi connectivity index (χ4n) is 6.74. The van der Waals surface area contributed by atoms with Crippen molar-refractivity contribution >= 4 is 17.9 Å². The summed E-state index contributed by atoms with van der Waals surface area (Å²) < 4.78 is 17.3. The molecule has 0 aliphatic rings. The average molecular weight is 829 g/mol. The van der Waals surface area contributed by atoms with Crippen LogP contribution in [0.1, 0.15) is 194 Å². The predicted molar refractivity (Wildman–Crippen MR) is 247 cm³/mol. The quantitative estimate of drug-likeness (QED) is 0.0215. The molecule has 59 heavy (non-hydrogen) atoms. The van der Waals surface area contributed by atoms with Gasteiger partial charge in [0, 0.05) is 19.3 Å². The van der Waals surface area contributed by atoms with Crippen molar-refractivity contribution in [3.05, 3.63) is 60.8 Å². The first kappa shape index (κ1) is 56.0. The van der Waals surface area contributed by atoms with E-state index in [4.69, 9.17) is 14.2 Å². The van der Waals surface area contributed by atoms with Crippen LogP contribution in [0.4, 0.5) is 0 Å². The molecule has 8 heteroatoms. The molecule has 0 spiro atoms. The van der Waals surface area contributed by atoms with Gasteiger partial charge in [-0.1, -0.05) is 164 Å². The molecule has 0 bridgehead atoms. The van der Waals surface area contributed by atoms with Crippen molar-refractivity contribution in [2.75, 3.05) is 41.0 Å². The molecular formula is C51H90NO7+. The number of carboxylic acid groups (broad SMARTS) is 1. The van der Waals surface area contributed by atoms with E-state index < -0.39 is 18.1 Å². The van der Waals surface area contributed by atoms with Crippen molar-refractivity contribution in [3.8, 4) is 0 Å². The molecule has 0 aromatic carbocycles. The van der Waals surface area contributed by atoms with E-state index in [1.165, 1.54) is 89.9 Å². The topological polar surface area (TPSA) is 99.1 Å². The number of esters is 2. The first-order valence-corrected chi connectivity index (χ1v) is 23.8. The molecule has 1 N–H and O–H groups in total. The maximum Gasteiger partial charge on any atom is 0.362 e. The normalized spacial score (nSPS) is 13.4. The number of hydrogen-bond acceptors (Lipinski definition) is 6. The fraction of sp³-hybridized carbons (Fsp3) is 0.745. The number of unbranched alkanes of at least 4 members (excludes halogenated alkanes) is 19. The second-order valence-corrected chi connectivity index (χ2v) is 17.0. The van der Waals surface area contributed by atoms with Crippen LogP contribution in [0.15, 0.2) is 60.8 Å². The fourth-order valence-corrected chi connectivity index (χ4v) is 6.74. The van der Waals surface area contributed by atoms with Gasteiger partial charge in [0.05, 0.1) is 34.4 Å². The Morgan fingerprint density at radius 1 is 0.542 bits per heavy atom. The largest absolute Gasteiger partial charge is 0.477 e. The summed E-state index contributed by atoms with van der Waals surface area (Å²) in [7, 11) is 5.52. The van der Waals surface area contributed by atoms with Gasteiger partial charge in [0.2, 0.25) is 0 Å². The van der Waals surface area contributed by atoms with Crippen molar-refractivity contribution < 1.29 is 38.2 Å². The maximum absolute atomic E-state index is 12.7. The Morgan fingerprint density at radius 3 is 1.51 bits per heavy atom. The number of ether oxygens (including phenoxy) is 3. The highest BCUT2D eigenvalue weighted by Crippen LogP contribution is 2.14. The monoisotopic (exact) mass is 829 g/mol. The predicted octanol–water partition coefficient (Wildman–Crippen LogP) is 13.4. The summed E-state index contributed by atoms with van der Waals surface area (Å²) in [6, 6.07) is -0.620. The van der Waals surface area contributed by atoms with Gasteiger partial charge in [0.15, 0.2) is 12.1 Å². The lowest BCUT2D eigenvalue weighted by Gasteiger charge is -2.31. The van der Waals surface area contributed by atoms with E-state index in [9.17, 15) is 19.5 Å². The van der Waals surface area contributed by atoms with E-state index in [-0.39, 0.29) is 36.2 Å². The molecule has 0 aliphatic carbocycles. The lowest BCUT2D eigenvalue weighted by atomic mass is 10.1. The molecule has 0 heterocycles. The standard InChI is InChI=1S/C51H89NO7/c1-6-8-10-12-14-16-18-20-22-24-25-26-28-29-31-33-35-37-39-41-49(53)58-46-47(45-57-44-43-48(51(55)56)52(3,4)5)59-50(54)42-40-38-36-34-32-30-27-23-21-19-17-15-13-11-9-7-2/h9,11,14-18,20-21,23,47-48H,6-8,10,12-13,19,22,24-46H2,1-5H3/p+1/b11-9+,16-14+,17-15+,20-18+,23-21+. The van der Waals surface area contributed by atoms with Crippen molar-refractivity contribution in [1.82, 2.24) is 0 Å². The number of rotatable bonds is 42. The van der Waals surface area contributed by atoms with Crippen molar-refractivity contribution in [2.45, 2.75) is 206 Å². The summed E-state index contributed by atoms with van der Waals surface area (Å²) in [5.74, 6) is -1.49. The van der Waals surface area contributed by atoms with Crippen LogP contribution in [0.25, 0.3) is 0 Å². The maximum atomic E-state index is 12.7. The van der Waals surface area contributed by atoms with Crippen LogP contribution in [0.2, 0.25) is 0 Å². The number of likely N-dealkylation sites (N-methyl/N-ethyl adjacent to an activating group) is 1. The number of aliphatic carboxylic acids is 1. The molecule has 0 radical (unpaired) electrons. The highest BCUT2D eigenvalue weighted by atomic mass is 16.6. The molecule has 0 saturated carbocycles. The summed E-state index contributed by atoms with van der Waals surface area (Å²) in [4.78, 5) is 37.1. The summed E-state index contributed by atoms with van der Waals surface area (Å²) in [6.07, 6.45) is 51.2. The number of hydrogen-bond donors (Lipinski definition) is 1. The zero-order valence-corrected chi connectivity index (χ0v) is 38.7. The smallest absolute Gasteiger partial charge is 0.362 e.